The molecule has 7 heteroatoms. The Morgan fingerprint density at radius 3 is 2.48 bits per heavy atom. The third-order valence-corrected chi connectivity index (χ3v) is 6.49. The Morgan fingerprint density at radius 1 is 1.16 bits per heavy atom. The summed E-state index contributed by atoms with van der Waals surface area (Å²) >= 11 is 3.31. The van der Waals surface area contributed by atoms with E-state index < -0.39 is 17.8 Å². The molecule has 2 amide bonds. The van der Waals surface area contributed by atoms with Crippen molar-refractivity contribution in [1.82, 2.24) is 5.06 Å². The lowest BCUT2D eigenvalue weighted by atomic mass is 10.1. The molecule has 3 heterocycles. The second-order valence-electron chi connectivity index (χ2n) is 5.62. The summed E-state index contributed by atoms with van der Waals surface area (Å²) < 4.78 is 1.17. The molecule has 1 aliphatic rings. The van der Waals surface area contributed by atoms with Crippen molar-refractivity contribution in [1.29, 1.82) is 0 Å². The van der Waals surface area contributed by atoms with Gasteiger partial charge in [-0.05, 0) is 35.6 Å². The van der Waals surface area contributed by atoms with Crippen LogP contribution in [0, 0.1) is 0 Å². The van der Waals surface area contributed by atoms with Crippen LogP contribution in [-0.4, -0.2) is 22.8 Å². The zero-order valence-electron chi connectivity index (χ0n) is 13.3. The molecular weight excluding hydrogens is 358 g/mol. The maximum absolute atomic E-state index is 12.3. The van der Waals surface area contributed by atoms with Gasteiger partial charge in [-0.2, -0.15) is 0 Å². The van der Waals surface area contributed by atoms with Gasteiger partial charge in [0.15, 0.2) is 0 Å². The summed E-state index contributed by atoms with van der Waals surface area (Å²) in [4.78, 5) is 43.1. The summed E-state index contributed by atoms with van der Waals surface area (Å²) in [5, 5.41) is 3.53. The summed E-state index contributed by atoms with van der Waals surface area (Å²) in [6.45, 7) is 2.09. The summed E-state index contributed by atoms with van der Waals surface area (Å²) in [5.74, 6) is -1.83. The van der Waals surface area contributed by atoms with Crippen LogP contribution in [0.15, 0.2) is 35.7 Å². The Hall–Kier alpha value is -2.51. The number of thiophene rings is 2. The first-order valence-corrected chi connectivity index (χ1v) is 9.45. The normalized spacial score (nSPS) is 13.6. The molecule has 0 saturated heterocycles. The molecule has 0 fully saturated rings. The van der Waals surface area contributed by atoms with E-state index in [2.05, 4.69) is 13.0 Å². The van der Waals surface area contributed by atoms with E-state index in [1.165, 1.54) is 8.89 Å². The highest BCUT2D eigenvalue weighted by Gasteiger charge is 2.38. The number of imide groups is 1. The standard InChI is InChI=1S/C18H13NO4S2/c1-2-11-8-14-10(9-24-18(14)25-11)7-15(20)23-19-16(21)12-5-3-4-6-13(12)17(19)22/h3-6,8-9H,2,7H2,1H3. The zero-order chi connectivity index (χ0) is 17.6. The molecule has 0 unspecified atom stereocenters. The van der Waals surface area contributed by atoms with E-state index in [-0.39, 0.29) is 17.5 Å². The van der Waals surface area contributed by atoms with E-state index in [4.69, 9.17) is 4.84 Å². The van der Waals surface area contributed by atoms with Crippen molar-refractivity contribution in [2.75, 3.05) is 0 Å². The topological polar surface area (TPSA) is 63.7 Å². The van der Waals surface area contributed by atoms with E-state index in [9.17, 15) is 14.4 Å². The van der Waals surface area contributed by atoms with Gasteiger partial charge in [0.2, 0.25) is 0 Å². The Balaban J connectivity index is 1.52. The van der Waals surface area contributed by atoms with Crippen molar-refractivity contribution < 1.29 is 19.2 Å². The highest BCUT2D eigenvalue weighted by atomic mass is 32.2. The van der Waals surface area contributed by atoms with Crippen LogP contribution in [-0.2, 0) is 22.5 Å². The minimum Gasteiger partial charge on any atom is -0.329 e. The van der Waals surface area contributed by atoms with E-state index in [0.29, 0.717) is 5.06 Å². The summed E-state index contributed by atoms with van der Waals surface area (Å²) in [7, 11) is 0. The van der Waals surface area contributed by atoms with Crippen molar-refractivity contribution in [2.45, 2.75) is 19.8 Å². The van der Waals surface area contributed by atoms with E-state index in [1.807, 2.05) is 5.38 Å². The van der Waals surface area contributed by atoms with Gasteiger partial charge in [0.05, 0.1) is 21.6 Å². The van der Waals surface area contributed by atoms with Gasteiger partial charge in [0.1, 0.15) is 0 Å². The number of fused-ring (bicyclic) bond motifs is 2. The van der Waals surface area contributed by atoms with Crippen molar-refractivity contribution in [3.63, 3.8) is 0 Å². The Labute approximate surface area is 151 Å². The van der Waals surface area contributed by atoms with E-state index in [0.717, 1.165) is 17.4 Å². The van der Waals surface area contributed by atoms with Crippen LogP contribution in [0.1, 0.15) is 38.1 Å². The summed E-state index contributed by atoms with van der Waals surface area (Å²) in [5.41, 5.74) is 1.37. The van der Waals surface area contributed by atoms with E-state index in [1.54, 1.807) is 46.9 Å². The van der Waals surface area contributed by atoms with Crippen LogP contribution < -0.4 is 0 Å². The number of rotatable bonds is 4. The highest BCUT2D eigenvalue weighted by molar-refractivity contribution is 7.37. The molecule has 4 rings (SSSR count). The monoisotopic (exact) mass is 371 g/mol. The summed E-state index contributed by atoms with van der Waals surface area (Å²) in [6.07, 6.45) is 0.971. The lowest BCUT2D eigenvalue weighted by Gasteiger charge is -2.12. The maximum Gasteiger partial charge on any atom is 0.337 e. The van der Waals surface area contributed by atoms with E-state index >= 15 is 0 Å². The first kappa shape index (κ1) is 16.0. The van der Waals surface area contributed by atoms with Gasteiger partial charge in [-0.3, -0.25) is 9.59 Å². The Kier molecular flexibility index (Phi) is 3.89. The molecule has 3 aromatic rings. The molecule has 0 atom stereocenters. The average Bonchev–Trinajstić information content (AvgIpc) is 3.25. The predicted octanol–water partition coefficient (Wildman–Crippen LogP) is 3.82. The van der Waals surface area contributed by atoms with Crippen LogP contribution in [0.4, 0.5) is 0 Å². The second-order valence-corrected chi connectivity index (χ2v) is 7.89. The molecule has 0 N–H and O–H groups in total. The average molecular weight is 371 g/mol. The first-order chi connectivity index (χ1) is 12.1. The molecular formula is C18H13NO4S2. The molecule has 25 heavy (non-hydrogen) atoms. The van der Waals surface area contributed by atoms with Gasteiger partial charge in [-0.1, -0.05) is 24.1 Å². The van der Waals surface area contributed by atoms with Crippen molar-refractivity contribution in [2.24, 2.45) is 0 Å². The molecule has 0 bridgehead atoms. The minimum absolute atomic E-state index is 0.0211. The molecule has 2 aromatic heterocycles. The lowest BCUT2D eigenvalue weighted by Crippen LogP contribution is -2.33. The molecule has 126 valence electrons. The first-order valence-electron chi connectivity index (χ1n) is 7.76. The summed E-state index contributed by atoms with van der Waals surface area (Å²) in [6, 6.07) is 8.51. The number of hydrogen-bond donors (Lipinski definition) is 0. The highest BCUT2D eigenvalue weighted by Crippen LogP contribution is 2.34. The van der Waals surface area contributed by atoms with Crippen LogP contribution in [0.25, 0.3) is 9.40 Å². The number of amides is 2. The lowest BCUT2D eigenvalue weighted by molar-refractivity contribution is -0.167. The fourth-order valence-electron chi connectivity index (χ4n) is 2.77. The largest absolute Gasteiger partial charge is 0.337 e. The second kappa shape index (κ2) is 6.09. The van der Waals surface area contributed by atoms with Crippen molar-refractivity contribution in [3.8, 4) is 0 Å². The van der Waals surface area contributed by atoms with Crippen LogP contribution in [0.2, 0.25) is 0 Å². The van der Waals surface area contributed by atoms with Gasteiger partial charge in [-0.25, -0.2) is 4.79 Å². The number of hydroxylamine groups is 2. The predicted molar refractivity (Wildman–Crippen MR) is 95.8 cm³/mol. The van der Waals surface area contributed by atoms with Gasteiger partial charge >= 0.3 is 5.97 Å². The van der Waals surface area contributed by atoms with Gasteiger partial charge < -0.3 is 4.84 Å². The van der Waals surface area contributed by atoms with Crippen molar-refractivity contribution >= 4 is 49.9 Å². The smallest absolute Gasteiger partial charge is 0.329 e. The molecule has 0 aliphatic carbocycles. The molecule has 1 aromatic carbocycles. The maximum atomic E-state index is 12.3. The number of benzene rings is 1. The number of nitrogens with zero attached hydrogens (tertiary/aromatic N) is 1. The number of aryl methyl sites for hydroxylation is 1. The zero-order valence-corrected chi connectivity index (χ0v) is 14.9. The SMILES string of the molecule is CCc1cc2c(CC(=O)ON3C(=O)c4ccccc4C3=O)csc2s1. The van der Waals surface area contributed by atoms with Crippen LogP contribution in [0.5, 0.6) is 0 Å². The Bertz CT molecular complexity index is 982. The molecule has 1 aliphatic heterocycles. The Morgan fingerprint density at radius 2 is 1.84 bits per heavy atom. The molecule has 5 nitrogen and oxygen atoms in total. The molecule has 0 spiro atoms. The van der Waals surface area contributed by atoms with Crippen LogP contribution in [0.3, 0.4) is 0 Å². The minimum atomic E-state index is -0.626. The van der Waals surface area contributed by atoms with Gasteiger partial charge in [0, 0.05) is 10.3 Å². The van der Waals surface area contributed by atoms with Crippen LogP contribution >= 0.6 is 22.7 Å². The fraction of sp³-hybridized carbons (Fsp3) is 0.167. The van der Waals surface area contributed by atoms with Gasteiger partial charge in [-0.15, -0.1) is 22.7 Å². The molecule has 0 radical (unpaired) electrons. The van der Waals surface area contributed by atoms with Gasteiger partial charge in [0.25, 0.3) is 11.8 Å². The third kappa shape index (κ3) is 2.65. The molecule has 0 saturated carbocycles. The third-order valence-electron chi connectivity index (χ3n) is 4.04. The number of carbonyl (C=O) groups is 3. The van der Waals surface area contributed by atoms with Crippen molar-refractivity contribution in [3.05, 3.63) is 57.3 Å². The quantitative estimate of drug-likeness (QED) is 0.654. The fourth-order valence-corrected chi connectivity index (χ4v) is 5.07. The number of carbonyl (C=O) groups excluding carboxylic acids is 3. The number of hydrogen-bond acceptors (Lipinski definition) is 6.